The van der Waals surface area contributed by atoms with Crippen LogP contribution in [0.25, 0.3) is 0 Å². The van der Waals surface area contributed by atoms with Crippen LogP contribution in [0.2, 0.25) is 6.82 Å². The van der Waals surface area contributed by atoms with Crippen LogP contribution in [-0.4, -0.2) is 25.8 Å². The molecule has 0 aromatic heterocycles. The number of nitrogens with zero attached hydrogens (tertiary/aromatic N) is 1. The van der Waals surface area contributed by atoms with E-state index < -0.39 is 0 Å². The number of hydrogen-bond donors (Lipinski definition) is 1. The highest BCUT2D eigenvalue weighted by Crippen LogP contribution is 2.38. The summed E-state index contributed by atoms with van der Waals surface area (Å²) in [4.78, 5) is 4.00. The molecule has 0 spiro atoms. The number of rotatable bonds is 7. The van der Waals surface area contributed by atoms with Crippen molar-refractivity contribution in [2.75, 3.05) is 7.05 Å². The van der Waals surface area contributed by atoms with Gasteiger partial charge in [0.2, 0.25) is 0 Å². The fourth-order valence-electron chi connectivity index (χ4n) is 2.03. The number of aliphatic imine (C=N–C) groups is 1. The van der Waals surface area contributed by atoms with Crippen LogP contribution in [0.15, 0.2) is 16.7 Å². The first kappa shape index (κ1) is 17.2. The minimum absolute atomic E-state index is 0.0511. The second kappa shape index (κ2) is 6.98. The molecule has 0 aromatic carbocycles. The van der Waals surface area contributed by atoms with Crippen molar-refractivity contribution in [1.29, 1.82) is 0 Å². The Bertz CT molecular complexity index is 309. The molecular formula is C14H29BN2O. The third-order valence-corrected chi connectivity index (χ3v) is 3.92. The van der Waals surface area contributed by atoms with Crippen LogP contribution in [0.1, 0.15) is 47.5 Å². The standard InChI is InChI=1S/C14H29BN2O/c1-8-9-13(2,3)14(4,5)18-15(6)12(10-16)11-17-7/h10-11H,8-9,16H2,1-7H3/b12-10+,17-11?. The fraction of sp³-hybridized carbons (Fsp3) is 0.786. The van der Waals surface area contributed by atoms with Gasteiger partial charge in [-0.05, 0) is 37.4 Å². The van der Waals surface area contributed by atoms with Crippen LogP contribution in [0.5, 0.6) is 0 Å². The van der Waals surface area contributed by atoms with Crippen molar-refractivity contribution in [3.63, 3.8) is 0 Å². The lowest BCUT2D eigenvalue weighted by molar-refractivity contribution is -0.0173. The van der Waals surface area contributed by atoms with E-state index in [2.05, 4.69) is 39.6 Å². The Labute approximate surface area is 113 Å². The normalized spacial score (nSPS) is 14.3. The first-order chi connectivity index (χ1) is 8.21. The van der Waals surface area contributed by atoms with Gasteiger partial charge in [-0.3, -0.25) is 4.99 Å². The molecule has 0 unspecified atom stereocenters. The molecule has 2 N–H and O–H groups in total. The van der Waals surface area contributed by atoms with E-state index in [9.17, 15) is 0 Å². The van der Waals surface area contributed by atoms with Gasteiger partial charge in [0, 0.05) is 13.3 Å². The van der Waals surface area contributed by atoms with E-state index in [0.717, 1.165) is 18.3 Å². The van der Waals surface area contributed by atoms with Crippen molar-refractivity contribution >= 4 is 13.1 Å². The highest BCUT2D eigenvalue weighted by molar-refractivity contribution is 6.64. The van der Waals surface area contributed by atoms with Crippen LogP contribution < -0.4 is 5.73 Å². The Hall–Kier alpha value is -0.765. The predicted molar refractivity (Wildman–Crippen MR) is 82.2 cm³/mol. The van der Waals surface area contributed by atoms with E-state index in [-0.39, 0.29) is 17.9 Å². The smallest absolute Gasteiger partial charge is 0.327 e. The first-order valence-electron chi connectivity index (χ1n) is 6.73. The molecule has 0 saturated carbocycles. The van der Waals surface area contributed by atoms with Crippen LogP contribution in [0, 0.1) is 5.41 Å². The van der Waals surface area contributed by atoms with Gasteiger partial charge in [-0.25, -0.2) is 0 Å². The minimum atomic E-state index is -0.210. The maximum absolute atomic E-state index is 6.22. The zero-order valence-corrected chi connectivity index (χ0v) is 13.1. The van der Waals surface area contributed by atoms with E-state index in [0.29, 0.717) is 0 Å². The van der Waals surface area contributed by atoms with Gasteiger partial charge >= 0.3 is 6.92 Å². The monoisotopic (exact) mass is 252 g/mol. The third-order valence-electron chi connectivity index (χ3n) is 3.92. The Kier molecular flexibility index (Phi) is 6.68. The number of allylic oxidation sites excluding steroid dienone is 1. The van der Waals surface area contributed by atoms with Gasteiger partial charge in [-0.2, -0.15) is 0 Å². The molecule has 4 heteroatoms. The maximum atomic E-state index is 6.22. The molecule has 0 radical (unpaired) electrons. The van der Waals surface area contributed by atoms with Gasteiger partial charge in [0.25, 0.3) is 0 Å². The highest BCUT2D eigenvalue weighted by Gasteiger charge is 2.39. The third kappa shape index (κ3) is 4.49. The van der Waals surface area contributed by atoms with Gasteiger partial charge < -0.3 is 10.4 Å². The largest absolute Gasteiger partial charge is 0.426 e. The van der Waals surface area contributed by atoms with Crippen LogP contribution in [-0.2, 0) is 4.65 Å². The van der Waals surface area contributed by atoms with Crippen molar-refractivity contribution in [1.82, 2.24) is 0 Å². The van der Waals surface area contributed by atoms with Gasteiger partial charge in [-0.15, -0.1) is 0 Å². The molecule has 0 aromatic rings. The van der Waals surface area contributed by atoms with Gasteiger partial charge in [-0.1, -0.05) is 34.0 Å². The van der Waals surface area contributed by atoms with E-state index in [1.54, 1.807) is 19.5 Å². The first-order valence-corrected chi connectivity index (χ1v) is 6.73. The van der Waals surface area contributed by atoms with Crippen LogP contribution in [0.3, 0.4) is 0 Å². The van der Waals surface area contributed by atoms with Crippen molar-refractivity contribution < 1.29 is 4.65 Å². The lowest BCUT2D eigenvalue weighted by atomic mass is 9.61. The highest BCUT2D eigenvalue weighted by atomic mass is 16.5. The second-order valence-corrected chi connectivity index (χ2v) is 5.96. The second-order valence-electron chi connectivity index (χ2n) is 5.96. The van der Waals surface area contributed by atoms with Gasteiger partial charge in [0.05, 0.1) is 5.60 Å². The fourth-order valence-corrected chi connectivity index (χ4v) is 2.03. The molecule has 0 amide bonds. The predicted octanol–water partition coefficient (Wildman–Crippen LogP) is 3.31. The van der Waals surface area contributed by atoms with E-state index in [1.807, 2.05) is 6.82 Å². The molecule has 104 valence electrons. The van der Waals surface area contributed by atoms with Crippen molar-refractivity contribution in [2.45, 2.75) is 59.9 Å². The van der Waals surface area contributed by atoms with Gasteiger partial charge in [0.15, 0.2) is 0 Å². The van der Waals surface area contributed by atoms with Crippen molar-refractivity contribution in [2.24, 2.45) is 16.1 Å². The lowest BCUT2D eigenvalue weighted by Gasteiger charge is -2.43. The van der Waals surface area contributed by atoms with E-state index in [1.165, 1.54) is 0 Å². The molecule has 0 aliphatic rings. The Morgan fingerprint density at radius 3 is 2.28 bits per heavy atom. The summed E-state index contributed by atoms with van der Waals surface area (Å²) in [7, 11) is 1.74. The summed E-state index contributed by atoms with van der Waals surface area (Å²) >= 11 is 0. The molecule has 3 nitrogen and oxygen atoms in total. The van der Waals surface area contributed by atoms with Crippen molar-refractivity contribution in [3.05, 3.63) is 11.7 Å². The van der Waals surface area contributed by atoms with Gasteiger partial charge in [0.1, 0.15) is 0 Å². The van der Waals surface area contributed by atoms with Crippen molar-refractivity contribution in [3.8, 4) is 0 Å². The van der Waals surface area contributed by atoms with Crippen LogP contribution in [0.4, 0.5) is 0 Å². The molecule has 18 heavy (non-hydrogen) atoms. The Balaban J connectivity index is 4.86. The SMILES string of the molecule is CCCC(C)(C)C(C)(C)OB(C)/C(C=NC)=C/N. The summed E-state index contributed by atoms with van der Waals surface area (Å²) in [6.07, 6.45) is 5.62. The average Bonchev–Trinajstić information content (AvgIpc) is 2.24. The molecule has 0 aliphatic carbocycles. The minimum Gasteiger partial charge on any atom is -0.426 e. The Morgan fingerprint density at radius 1 is 1.33 bits per heavy atom. The average molecular weight is 252 g/mol. The number of hydrogen-bond acceptors (Lipinski definition) is 3. The van der Waals surface area contributed by atoms with Crippen LogP contribution >= 0.6 is 0 Å². The zero-order chi connectivity index (χ0) is 14.4. The summed E-state index contributed by atoms with van der Waals surface area (Å²) in [5, 5.41) is 0. The summed E-state index contributed by atoms with van der Waals surface area (Å²) in [6, 6.07) is 0. The Morgan fingerprint density at radius 2 is 1.89 bits per heavy atom. The van der Waals surface area contributed by atoms with E-state index >= 15 is 0 Å². The summed E-state index contributed by atoms with van der Waals surface area (Å²) in [5.74, 6) is 0. The summed E-state index contributed by atoms with van der Waals surface area (Å²) in [6.45, 7) is 13.0. The molecule has 0 bridgehead atoms. The number of nitrogens with two attached hydrogens (primary N) is 1. The topological polar surface area (TPSA) is 47.6 Å². The molecule has 0 heterocycles. The molecule has 0 saturated heterocycles. The molecule has 0 rings (SSSR count). The molecule has 0 fully saturated rings. The molecular weight excluding hydrogens is 223 g/mol. The zero-order valence-electron chi connectivity index (χ0n) is 13.1. The summed E-state index contributed by atoms with van der Waals surface area (Å²) < 4.78 is 6.22. The lowest BCUT2D eigenvalue weighted by Crippen LogP contribution is -2.45. The molecule has 0 atom stereocenters. The summed E-state index contributed by atoms with van der Waals surface area (Å²) in [5.41, 5.74) is 6.44. The quantitative estimate of drug-likeness (QED) is 0.558. The maximum Gasteiger partial charge on any atom is 0.327 e. The van der Waals surface area contributed by atoms with E-state index in [4.69, 9.17) is 10.4 Å². The molecule has 0 aliphatic heterocycles.